The molecule has 0 bridgehead atoms. The Kier molecular flexibility index (Phi) is 6.43. The summed E-state index contributed by atoms with van der Waals surface area (Å²) in [7, 11) is 1.01. The van der Waals surface area contributed by atoms with Gasteiger partial charge in [-0.2, -0.15) is 17.6 Å². The van der Waals surface area contributed by atoms with E-state index in [4.69, 9.17) is 21.6 Å². The zero-order valence-corrected chi connectivity index (χ0v) is 21.1. The summed E-state index contributed by atoms with van der Waals surface area (Å²) in [6, 6.07) is 3.21. The molecule has 5 rings (SSSR count). The van der Waals surface area contributed by atoms with Crippen LogP contribution in [0, 0.1) is 24.2 Å². The highest BCUT2D eigenvalue weighted by Crippen LogP contribution is 2.69. The Morgan fingerprint density at radius 1 is 1.29 bits per heavy atom. The molecule has 2 aliphatic rings. The molecule has 1 aliphatic heterocycles. The number of hydrogen-bond acceptors (Lipinski definition) is 9. The van der Waals surface area contributed by atoms with Crippen LogP contribution in [0.2, 0.25) is 0 Å². The first-order valence-electron chi connectivity index (χ1n) is 11.5. The monoisotopic (exact) mass is 546 g/mol. The number of pyridine rings is 2. The van der Waals surface area contributed by atoms with Gasteiger partial charge in [-0.3, -0.25) is 9.98 Å². The van der Waals surface area contributed by atoms with Gasteiger partial charge in [0, 0.05) is 37.4 Å². The van der Waals surface area contributed by atoms with Gasteiger partial charge in [0.05, 0.1) is 27.7 Å². The number of aromatic nitrogens is 4. The summed E-state index contributed by atoms with van der Waals surface area (Å²) in [5, 5.41) is -0.0637. The van der Waals surface area contributed by atoms with Crippen molar-refractivity contribution in [3.63, 3.8) is 0 Å². The van der Waals surface area contributed by atoms with Crippen LogP contribution in [0.3, 0.4) is 0 Å². The van der Waals surface area contributed by atoms with Crippen molar-refractivity contribution in [2.24, 2.45) is 16.6 Å². The topological polar surface area (TPSA) is 108 Å². The fourth-order valence-corrected chi connectivity index (χ4v) is 6.79. The molecule has 0 unspecified atom stereocenters. The van der Waals surface area contributed by atoms with E-state index in [0.29, 0.717) is 22.3 Å². The van der Waals surface area contributed by atoms with Crippen molar-refractivity contribution in [1.82, 2.24) is 19.9 Å². The summed E-state index contributed by atoms with van der Waals surface area (Å²) in [6.45, 7) is 1.63. The van der Waals surface area contributed by atoms with Crippen molar-refractivity contribution in [2.45, 2.75) is 42.3 Å². The number of nitrogens with two attached hydrogens (primary N) is 1. The molecule has 1 saturated carbocycles. The number of hydrogen-bond donors (Lipinski definition) is 1. The third kappa shape index (κ3) is 4.41. The molecule has 0 aromatic carbocycles. The second kappa shape index (κ2) is 9.36. The fraction of sp³-hybridized carbons (Fsp3) is 0.400. The molecule has 0 saturated heterocycles. The van der Waals surface area contributed by atoms with Crippen LogP contribution in [0.25, 0.3) is 11.0 Å². The van der Waals surface area contributed by atoms with Gasteiger partial charge in [-0.1, -0.05) is 17.7 Å². The third-order valence-electron chi connectivity index (χ3n) is 6.87. The molecular weight excluding hydrogens is 524 g/mol. The first-order valence-corrected chi connectivity index (χ1v) is 12.3. The Hall–Kier alpha value is -3.50. The van der Waals surface area contributed by atoms with Gasteiger partial charge in [-0.15, -0.1) is 6.42 Å². The van der Waals surface area contributed by atoms with Gasteiger partial charge in [-0.25, -0.2) is 15.0 Å². The molecule has 4 heterocycles. The van der Waals surface area contributed by atoms with Gasteiger partial charge in [0.1, 0.15) is 5.52 Å². The molecule has 3 aromatic heterocycles. The molecule has 2 N–H and O–H groups in total. The number of amidine groups is 1. The number of thioether (sulfide) groups is 1. The Balaban J connectivity index is 1.49. The molecule has 38 heavy (non-hydrogen) atoms. The van der Waals surface area contributed by atoms with E-state index in [1.165, 1.54) is 12.4 Å². The van der Waals surface area contributed by atoms with E-state index in [1.807, 2.05) is 0 Å². The number of terminal acetylenes is 1. The quantitative estimate of drug-likeness (QED) is 0.271. The molecular formula is C25H22F4N6O2S. The van der Waals surface area contributed by atoms with E-state index < -0.39 is 34.4 Å². The molecule has 3 aromatic rings. The average molecular weight is 547 g/mol. The lowest BCUT2D eigenvalue weighted by molar-refractivity contribution is -0.216. The number of aliphatic imine (C=N–C) groups is 1. The van der Waals surface area contributed by atoms with Crippen LogP contribution in [0.15, 0.2) is 35.7 Å². The number of rotatable bonds is 7. The zero-order chi connectivity index (χ0) is 27.3. The van der Waals surface area contributed by atoms with Gasteiger partial charge in [0.15, 0.2) is 17.9 Å². The van der Waals surface area contributed by atoms with E-state index in [2.05, 4.69) is 30.8 Å². The van der Waals surface area contributed by atoms with Crippen LogP contribution < -0.4 is 10.5 Å². The number of alkyl halides is 3. The summed E-state index contributed by atoms with van der Waals surface area (Å²) in [5.41, 5.74) is 6.82. The normalized spacial score (nSPS) is 25.3. The first-order chi connectivity index (χ1) is 18.0. The fourth-order valence-electron chi connectivity index (χ4n) is 5.21. The molecule has 0 amide bonds. The maximum Gasteiger partial charge on any atom is 0.416 e. The summed E-state index contributed by atoms with van der Waals surface area (Å²) >= 11 is 0.833. The van der Waals surface area contributed by atoms with Crippen LogP contribution in [0.4, 0.5) is 17.6 Å². The van der Waals surface area contributed by atoms with Crippen molar-refractivity contribution in [3.05, 3.63) is 53.5 Å². The lowest BCUT2D eigenvalue weighted by Crippen LogP contribution is -2.48. The smallest absolute Gasteiger partial charge is 0.416 e. The van der Waals surface area contributed by atoms with Crippen molar-refractivity contribution < 1.29 is 27.0 Å². The Morgan fingerprint density at radius 2 is 2.08 bits per heavy atom. The summed E-state index contributed by atoms with van der Waals surface area (Å²) in [4.78, 5) is 21.5. The van der Waals surface area contributed by atoms with Crippen molar-refractivity contribution in [1.29, 1.82) is 0 Å². The molecule has 1 aliphatic carbocycles. The molecule has 0 radical (unpaired) electrons. The number of ether oxygens (including phenoxy) is 2. The number of nitrogens with zero attached hydrogens (tertiary/aromatic N) is 5. The number of fused-ring (bicyclic) bond motifs is 2. The minimum Gasteiger partial charge on any atom is -0.463 e. The Labute approximate surface area is 219 Å². The van der Waals surface area contributed by atoms with Gasteiger partial charge in [0.25, 0.3) is 0 Å². The Morgan fingerprint density at radius 3 is 2.79 bits per heavy atom. The summed E-state index contributed by atoms with van der Waals surface area (Å²) in [5.74, 6) is 1.11. The minimum atomic E-state index is -4.62. The van der Waals surface area contributed by atoms with Crippen LogP contribution >= 0.6 is 11.8 Å². The highest BCUT2D eigenvalue weighted by Gasteiger charge is 2.74. The lowest BCUT2D eigenvalue weighted by Gasteiger charge is -2.37. The van der Waals surface area contributed by atoms with E-state index in [1.54, 1.807) is 25.3 Å². The number of methoxy groups -OCH3 is 1. The predicted octanol–water partition coefficient (Wildman–Crippen LogP) is 3.77. The molecule has 198 valence electrons. The molecule has 13 heteroatoms. The molecule has 4 atom stereocenters. The van der Waals surface area contributed by atoms with Gasteiger partial charge in [0.2, 0.25) is 11.8 Å². The maximum atomic E-state index is 15.2. The highest BCUT2D eigenvalue weighted by molar-refractivity contribution is 8.15. The minimum absolute atomic E-state index is 0.0444. The second-order valence-corrected chi connectivity index (χ2v) is 10.6. The van der Waals surface area contributed by atoms with E-state index in [0.717, 1.165) is 18.9 Å². The molecule has 8 nitrogen and oxygen atoms in total. The highest BCUT2D eigenvalue weighted by atomic mass is 32.2. The van der Waals surface area contributed by atoms with Crippen molar-refractivity contribution >= 4 is 28.0 Å². The van der Waals surface area contributed by atoms with Crippen LogP contribution in [-0.4, -0.2) is 55.8 Å². The van der Waals surface area contributed by atoms with E-state index >= 15 is 4.39 Å². The Bertz CT molecular complexity index is 1480. The largest absolute Gasteiger partial charge is 0.463 e. The zero-order valence-electron chi connectivity index (χ0n) is 20.3. The van der Waals surface area contributed by atoms with Crippen molar-refractivity contribution in [3.8, 4) is 18.2 Å². The van der Waals surface area contributed by atoms with Gasteiger partial charge >= 0.3 is 6.18 Å². The van der Waals surface area contributed by atoms with E-state index in [9.17, 15) is 13.2 Å². The summed E-state index contributed by atoms with van der Waals surface area (Å²) in [6.07, 6.45) is 3.15. The predicted molar refractivity (Wildman–Crippen MR) is 133 cm³/mol. The van der Waals surface area contributed by atoms with Crippen LogP contribution in [0.5, 0.6) is 5.88 Å². The number of halogens is 4. The van der Waals surface area contributed by atoms with Crippen molar-refractivity contribution in [2.75, 3.05) is 13.7 Å². The SMILES string of the molecule is C#CCOc1cnc2c(Cc3cnc(F)c([C@@]4(C)N=C(N)S[C@@]5([C@@H](OC)C(F)(F)F)C[C@H]54)c3)nccc2n1. The van der Waals surface area contributed by atoms with Gasteiger partial charge < -0.3 is 15.2 Å². The standard InChI is InChI=1S/C25H22F4N6O2S/c1-4-7-37-18-12-32-19-15(34-18)5-6-31-16(19)9-13-8-14(20(26)33-11-13)23(2)17-10-24(17,38-22(30)35-23)21(36-3)25(27,28)29/h1,5-6,8,11-12,17,21H,7,9-10H2,2-3H3,(H2,30,35)/t17-,21+,23+,24-/m0/s1. The lowest BCUT2D eigenvalue weighted by atomic mass is 9.85. The van der Waals surface area contributed by atoms with E-state index in [-0.39, 0.29) is 36.1 Å². The van der Waals surface area contributed by atoms with Crippen LogP contribution in [0.1, 0.15) is 30.2 Å². The first kappa shape index (κ1) is 26.1. The maximum absolute atomic E-state index is 15.2. The average Bonchev–Trinajstić information content (AvgIpc) is 3.59. The van der Waals surface area contributed by atoms with Crippen LogP contribution in [-0.2, 0) is 16.7 Å². The third-order valence-corrected chi connectivity index (χ3v) is 8.22. The molecule has 1 fully saturated rings. The van der Waals surface area contributed by atoms with Gasteiger partial charge in [-0.05, 0) is 31.0 Å². The molecule has 0 spiro atoms. The second-order valence-electron chi connectivity index (χ2n) is 9.25. The summed E-state index contributed by atoms with van der Waals surface area (Å²) < 4.78 is 65.4.